The number of halogens is 3. The highest BCUT2D eigenvalue weighted by Gasteiger charge is 2.35. The summed E-state index contributed by atoms with van der Waals surface area (Å²) in [5.41, 5.74) is 3.17. The first-order chi connectivity index (χ1) is 7.51. The Balaban J connectivity index is 3.29. The van der Waals surface area contributed by atoms with Crippen molar-refractivity contribution in [2.24, 2.45) is 11.1 Å². The van der Waals surface area contributed by atoms with E-state index in [1.54, 1.807) is 20.8 Å². The Morgan fingerprint density at radius 1 is 1.35 bits per heavy atom. The molecule has 1 aromatic heterocycles. The van der Waals surface area contributed by atoms with Crippen LogP contribution in [0.5, 0.6) is 0 Å². The summed E-state index contributed by atoms with van der Waals surface area (Å²) in [6, 6.07) is -0.365. The molecule has 0 amide bonds. The highest BCUT2D eigenvalue weighted by atomic mass is 19.4. The summed E-state index contributed by atoms with van der Waals surface area (Å²) in [5, 5.41) is 0. The average Bonchev–Trinajstić information content (AvgIpc) is 2.12. The standard InChI is InChI=1S/C10H14F3N3O/c1-9(2,3)7(14)8-15-5(10(11,12)13)4-6(17)16-8/h4,7H,14H2,1-3H3,(H,15,16,17). The van der Waals surface area contributed by atoms with Gasteiger partial charge < -0.3 is 10.7 Å². The molecule has 17 heavy (non-hydrogen) atoms. The highest BCUT2D eigenvalue weighted by molar-refractivity contribution is 5.09. The van der Waals surface area contributed by atoms with Crippen LogP contribution in [-0.2, 0) is 6.18 Å². The van der Waals surface area contributed by atoms with Crippen molar-refractivity contribution >= 4 is 0 Å². The lowest BCUT2D eigenvalue weighted by atomic mass is 9.87. The first-order valence-electron chi connectivity index (χ1n) is 4.96. The maximum Gasteiger partial charge on any atom is 0.433 e. The average molecular weight is 249 g/mol. The molecule has 0 bridgehead atoms. The van der Waals surface area contributed by atoms with Gasteiger partial charge >= 0.3 is 6.18 Å². The van der Waals surface area contributed by atoms with Gasteiger partial charge in [-0.15, -0.1) is 0 Å². The van der Waals surface area contributed by atoms with Crippen molar-refractivity contribution in [3.63, 3.8) is 0 Å². The van der Waals surface area contributed by atoms with Crippen LogP contribution in [-0.4, -0.2) is 9.97 Å². The number of H-pyrrole nitrogens is 1. The third-order valence-electron chi connectivity index (χ3n) is 2.28. The van der Waals surface area contributed by atoms with Crippen molar-refractivity contribution in [1.82, 2.24) is 9.97 Å². The molecule has 4 nitrogen and oxygen atoms in total. The third kappa shape index (κ3) is 3.29. The summed E-state index contributed by atoms with van der Waals surface area (Å²) < 4.78 is 37.4. The summed E-state index contributed by atoms with van der Waals surface area (Å²) in [6.07, 6.45) is -4.65. The molecule has 1 rings (SSSR count). The van der Waals surface area contributed by atoms with Crippen molar-refractivity contribution in [1.29, 1.82) is 0 Å². The van der Waals surface area contributed by atoms with Gasteiger partial charge in [0.2, 0.25) is 0 Å². The molecule has 1 atom stereocenters. The summed E-state index contributed by atoms with van der Waals surface area (Å²) in [4.78, 5) is 16.7. The van der Waals surface area contributed by atoms with E-state index in [-0.39, 0.29) is 5.82 Å². The normalized spacial score (nSPS) is 14.8. The van der Waals surface area contributed by atoms with Gasteiger partial charge in [-0.05, 0) is 5.41 Å². The Morgan fingerprint density at radius 3 is 2.29 bits per heavy atom. The minimum absolute atomic E-state index is 0.155. The molecule has 0 fully saturated rings. The minimum atomic E-state index is -4.65. The van der Waals surface area contributed by atoms with E-state index in [0.29, 0.717) is 6.07 Å². The second-order valence-corrected chi connectivity index (χ2v) is 4.86. The molecule has 0 aliphatic carbocycles. The first-order valence-corrected chi connectivity index (χ1v) is 4.96. The fraction of sp³-hybridized carbons (Fsp3) is 0.600. The quantitative estimate of drug-likeness (QED) is 0.797. The van der Waals surface area contributed by atoms with Gasteiger partial charge in [-0.25, -0.2) is 4.98 Å². The van der Waals surface area contributed by atoms with E-state index in [1.165, 1.54) is 0 Å². The fourth-order valence-corrected chi connectivity index (χ4v) is 1.18. The second-order valence-electron chi connectivity index (χ2n) is 4.86. The van der Waals surface area contributed by atoms with Gasteiger partial charge in [0.05, 0.1) is 6.04 Å². The molecule has 0 aliphatic heterocycles. The molecule has 0 aromatic carbocycles. The van der Waals surface area contributed by atoms with E-state index in [2.05, 4.69) is 9.97 Å². The molecule has 1 unspecified atom stereocenters. The van der Waals surface area contributed by atoms with Gasteiger partial charge in [-0.2, -0.15) is 13.2 Å². The number of hydrogen-bond acceptors (Lipinski definition) is 3. The molecule has 1 aromatic rings. The van der Waals surface area contributed by atoms with Crippen molar-refractivity contribution in [2.75, 3.05) is 0 Å². The minimum Gasteiger partial charge on any atom is -0.321 e. The molecule has 0 aliphatic rings. The van der Waals surface area contributed by atoms with Crippen LogP contribution in [0.25, 0.3) is 0 Å². The van der Waals surface area contributed by atoms with Gasteiger partial charge in [-0.3, -0.25) is 4.79 Å². The zero-order valence-electron chi connectivity index (χ0n) is 9.72. The molecule has 0 saturated carbocycles. The lowest BCUT2D eigenvalue weighted by molar-refractivity contribution is -0.141. The third-order valence-corrected chi connectivity index (χ3v) is 2.28. The molecule has 96 valence electrons. The highest BCUT2D eigenvalue weighted by Crippen LogP contribution is 2.30. The van der Waals surface area contributed by atoms with Crippen molar-refractivity contribution in [3.8, 4) is 0 Å². The van der Waals surface area contributed by atoms with E-state index < -0.39 is 28.9 Å². The Labute approximate surface area is 96.1 Å². The molecule has 0 saturated heterocycles. The molecule has 3 N–H and O–H groups in total. The number of aromatic nitrogens is 2. The number of rotatable bonds is 1. The second kappa shape index (κ2) is 4.14. The number of nitrogens with one attached hydrogen (secondary N) is 1. The molecular formula is C10H14F3N3O. The van der Waals surface area contributed by atoms with E-state index >= 15 is 0 Å². The Hall–Kier alpha value is -1.37. The SMILES string of the molecule is CC(C)(C)C(N)c1nc(C(F)(F)F)cc(=O)[nH]1. The summed E-state index contributed by atoms with van der Waals surface area (Å²) in [5.74, 6) is -0.155. The number of nitrogens with two attached hydrogens (primary N) is 1. The number of aromatic amines is 1. The maximum absolute atomic E-state index is 12.5. The topological polar surface area (TPSA) is 71.8 Å². The van der Waals surface area contributed by atoms with E-state index in [1.807, 2.05) is 0 Å². The summed E-state index contributed by atoms with van der Waals surface area (Å²) in [6.45, 7) is 5.24. The van der Waals surface area contributed by atoms with E-state index in [0.717, 1.165) is 0 Å². The molecular weight excluding hydrogens is 235 g/mol. The van der Waals surface area contributed by atoms with Crippen molar-refractivity contribution in [3.05, 3.63) is 27.9 Å². The van der Waals surface area contributed by atoms with Crippen LogP contribution in [0.4, 0.5) is 13.2 Å². The Kier molecular flexibility index (Phi) is 3.33. The molecule has 7 heteroatoms. The van der Waals surface area contributed by atoms with Crippen LogP contribution >= 0.6 is 0 Å². The van der Waals surface area contributed by atoms with Crippen LogP contribution in [0.1, 0.15) is 38.3 Å². The first kappa shape index (κ1) is 13.7. The molecule has 0 spiro atoms. The Morgan fingerprint density at radius 2 is 1.88 bits per heavy atom. The number of hydrogen-bond donors (Lipinski definition) is 2. The van der Waals surface area contributed by atoms with Crippen molar-refractivity contribution < 1.29 is 13.2 Å². The predicted octanol–water partition coefficient (Wildman–Crippen LogP) is 1.83. The molecule has 1 heterocycles. The number of alkyl halides is 3. The largest absolute Gasteiger partial charge is 0.433 e. The zero-order chi connectivity index (χ0) is 13.4. The van der Waals surface area contributed by atoms with Crippen LogP contribution in [0.3, 0.4) is 0 Å². The van der Waals surface area contributed by atoms with Gasteiger partial charge in [0.15, 0.2) is 5.69 Å². The van der Waals surface area contributed by atoms with Crippen LogP contribution in [0.15, 0.2) is 10.9 Å². The fourth-order valence-electron chi connectivity index (χ4n) is 1.18. The van der Waals surface area contributed by atoms with Crippen LogP contribution in [0.2, 0.25) is 0 Å². The molecule has 0 radical (unpaired) electrons. The number of nitrogens with zero attached hydrogens (tertiary/aromatic N) is 1. The summed E-state index contributed by atoms with van der Waals surface area (Å²) in [7, 11) is 0. The maximum atomic E-state index is 12.5. The lowest BCUT2D eigenvalue weighted by Crippen LogP contribution is -2.31. The van der Waals surface area contributed by atoms with Gasteiger partial charge in [0, 0.05) is 6.07 Å². The van der Waals surface area contributed by atoms with Crippen LogP contribution in [0, 0.1) is 5.41 Å². The smallest absolute Gasteiger partial charge is 0.321 e. The summed E-state index contributed by atoms with van der Waals surface area (Å²) >= 11 is 0. The van der Waals surface area contributed by atoms with Gasteiger partial charge in [0.25, 0.3) is 5.56 Å². The van der Waals surface area contributed by atoms with Gasteiger partial charge in [-0.1, -0.05) is 20.8 Å². The van der Waals surface area contributed by atoms with E-state index in [4.69, 9.17) is 5.73 Å². The Bertz CT molecular complexity index is 459. The van der Waals surface area contributed by atoms with Gasteiger partial charge in [0.1, 0.15) is 5.82 Å². The van der Waals surface area contributed by atoms with Crippen LogP contribution < -0.4 is 11.3 Å². The monoisotopic (exact) mass is 249 g/mol. The lowest BCUT2D eigenvalue weighted by Gasteiger charge is -2.26. The van der Waals surface area contributed by atoms with Crippen molar-refractivity contribution in [2.45, 2.75) is 33.0 Å². The predicted molar refractivity (Wildman–Crippen MR) is 56.2 cm³/mol. The van der Waals surface area contributed by atoms with E-state index in [9.17, 15) is 18.0 Å². The zero-order valence-corrected chi connectivity index (χ0v) is 9.72.